The third-order valence-electron chi connectivity index (χ3n) is 2.96. The summed E-state index contributed by atoms with van der Waals surface area (Å²) in [5.41, 5.74) is -0.859. The topological polar surface area (TPSA) is 54.9 Å². The maximum absolute atomic E-state index is 11.6. The zero-order chi connectivity index (χ0) is 11.5. The van der Waals surface area contributed by atoms with Crippen molar-refractivity contribution in [3.63, 3.8) is 0 Å². The fourth-order valence-electron chi connectivity index (χ4n) is 1.85. The van der Waals surface area contributed by atoms with Crippen LogP contribution in [-0.4, -0.2) is 9.55 Å². The first-order valence-electron chi connectivity index (χ1n) is 5.36. The molecule has 0 fully saturated rings. The smallest absolute Gasteiger partial charge is 0.295 e. The summed E-state index contributed by atoms with van der Waals surface area (Å²) in [6, 6.07) is 1.39. The number of nitrogens with one attached hydrogen (secondary N) is 1. The summed E-state index contributed by atoms with van der Waals surface area (Å²) >= 11 is 0. The minimum atomic E-state index is -0.341. The second-order valence-electron chi connectivity index (χ2n) is 4.08. The highest BCUT2D eigenvalue weighted by atomic mass is 16.2. The first-order valence-corrected chi connectivity index (χ1v) is 5.36. The van der Waals surface area contributed by atoms with Crippen LogP contribution in [0.3, 0.4) is 0 Å². The van der Waals surface area contributed by atoms with Crippen molar-refractivity contribution in [1.82, 2.24) is 9.55 Å². The van der Waals surface area contributed by atoms with E-state index in [0.29, 0.717) is 0 Å². The van der Waals surface area contributed by atoms with Crippen LogP contribution in [0.4, 0.5) is 0 Å². The highest BCUT2D eigenvalue weighted by Crippen LogP contribution is 2.23. The van der Waals surface area contributed by atoms with Crippen molar-refractivity contribution in [2.45, 2.75) is 45.6 Å². The van der Waals surface area contributed by atoms with Gasteiger partial charge in [0.25, 0.3) is 5.56 Å². The summed E-state index contributed by atoms with van der Waals surface area (Å²) in [4.78, 5) is 24.9. The van der Waals surface area contributed by atoms with Crippen molar-refractivity contribution in [3.05, 3.63) is 33.1 Å². The third-order valence-corrected chi connectivity index (χ3v) is 2.96. The van der Waals surface area contributed by atoms with Crippen molar-refractivity contribution in [2.24, 2.45) is 0 Å². The van der Waals surface area contributed by atoms with Crippen molar-refractivity contribution in [1.29, 1.82) is 0 Å². The number of H-pyrrole nitrogens is 1. The Hall–Kier alpha value is -1.32. The first-order chi connectivity index (χ1) is 7.03. The van der Waals surface area contributed by atoms with E-state index in [-0.39, 0.29) is 16.8 Å². The average molecular weight is 210 g/mol. The Labute approximate surface area is 89.0 Å². The number of rotatable bonds is 4. The Morgan fingerprint density at radius 2 is 2.07 bits per heavy atom. The van der Waals surface area contributed by atoms with E-state index in [2.05, 4.69) is 11.9 Å². The number of hydrogen-bond donors (Lipinski definition) is 1. The molecule has 1 aromatic rings. The van der Waals surface area contributed by atoms with Crippen LogP contribution in [0.5, 0.6) is 0 Å². The van der Waals surface area contributed by atoms with Gasteiger partial charge in [-0.15, -0.1) is 0 Å². The molecule has 15 heavy (non-hydrogen) atoms. The molecule has 0 saturated carbocycles. The van der Waals surface area contributed by atoms with Gasteiger partial charge in [0.1, 0.15) is 0 Å². The van der Waals surface area contributed by atoms with Crippen molar-refractivity contribution < 1.29 is 0 Å². The van der Waals surface area contributed by atoms with Gasteiger partial charge in [-0.05, 0) is 19.8 Å². The predicted octanol–water partition coefficient (Wildman–Crippen LogP) is 1.46. The molecule has 0 aliphatic heterocycles. The lowest BCUT2D eigenvalue weighted by atomic mass is 9.93. The molecular formula is C11H18N2O2. The van der Waals surface area contributed by atoms with Crippen LogP contribution >= 0.6 is 0 Å². The monoisotopic (exact) mass is 210 g/mol. The minimum Gasteiger partial charge on any atom is -0.295 e. The van der Waals surface area contributed by atoms with Gasteiger partial charge < -0.3 is 0 Å². The van der Waals surface area contributed by atoms with Gasteiger partial charge in [-0.3, -0.25) is 14.3 Å². The molecule has 1 atom stereocenters. The molecule has 0 radical (unpaired) electrons. The Morgan fingerprint density at radius 3 is 2.53 bits per heavy atom. The van der Waals surface area contributed by atoms with E-state index < -0.39 is 0 Å². The van der Waals surface area contributed by atoms with E-state index in [4.69, 9.17) is 0 Å². The van der Waals surface area contributed by atoms with Gasteiger partial charge in [-0.2, -0.15) is 0 Å². The highest BCUT2D eigenvalue weighted by molar-refractivity contribution is 4.90. The molecular weight excluding hydrogens is 192 g/mol. The van der Waals surface area contributed by atoms with E-state index in [1.165, 1.54) is 6.07 Å². The van der Waals surface area contributed by atoms with Crippen LogP contribution in [0, 0.1) is 0 Å². The normalized spacial score (nSPS) is 14.9. The zero-order valence-electron chi connectivity index (χ0n) is 9.54. The molecule has 0 amide bonds. The number of nitrogens with zero attached hydrogens (tertiary/aromatic N) is 1. The van der Waals surface area contributed by atoms with E-state index in [0.717, 1.165) is 19.3 Å². The van der Waals surface area contributed by atoms with Gasteiger partial charge in [0.05, 0.1) is 0 Å². The van der Waals surface area contributed by atoms with Crippen LogP contribution in [0.15, 0.2) is 21.9 Å². The molecule has 1 unspecified atom stereocenters. The largest absolute Gasteiger partial charge is 0.328 e. The highest BCUT2D eigenvalue weighted by Gasteiger charge is 2.23. The molecule has 0 saturated heterocycles. The van der Waals surface area contributed by atoms with Gasteiger partial charge >= 0.3 is 5.69 Å². The summed E-state index contributed by atoms with van der Waals surface area (Å²) in [5.74, 6) is 0. The van der Waals surface area contributed by atoms with E-state index in [9.17, 15) is 9.59 Å². The maximum Gasteiger partial charge on any atom is 0.328 e. The van der Waals surface area contributed by atoms with Crippen LogP contribution in [0.2, 0.25) is 0 Å². The Morgan fingerprint density at radius 1 is 1.40 bits per heavy atom. The second-order valence-corrected chi connectivity index (χ2v) is 4.08. The lowest BCUT2D eigenvalue weighted by Gasteiger charge is -2.30. The molecule has 1 aromatic heterocycles. The summed E-state index contributed by atoms with van der Waals surface area (Å²) < 4.78 is 1.62. The molecule has 0 bridgehead atoms. The molecule has 4 heteroatoms. The summed E-state index contributed by atoms with van der Waals surface area (Å²) in [6.07, 6.45) is 4.39. The van der Waals surface area contributed by atoms with Crippen LogP contribution in [0.25, 0.3) is 0 Å². The minimum absolute atomic E-state index is 0.198. The fourth-order valence-corrected chi connectivity index (χ4v) is 1.85. The SMILES string of the molecule is CCCC(C)(CC)n1ccc(=O)[nH]c1=O. The number of aromatic nitrogens is 2. The van der Waals surface area contributed by atoms with Crippen molar-refractivity contribution in [3.8, 4) is 0 Å². The first kappa shape index (κ1) is 11.8. The van der Waals surface area contributed by atoms with E-state index in [1.54, 1.807) is 10.8 Å². The molecule has 1 N–H and O–H groups in total. The van der Waals surface area contributed by atoms with Gasteiger partial charge in [-0.25, -0.2) is 4.79 Å². The lowest BCUT2D eigenvalue weighted by Crippen LogP contribution is -2.41. The van der Waals surface area contributed by atoms with Crippen LogP contribution in [-0.2, 0) is 5.54 Å². The van der Waals surface area contributed by atoms with E-state index in [1.807, 2.05) is 13.8 Å². The van der Waals surface area contributed by atoms with Crippen molar-refractivity contribution >= 4 is 0 Å². The predicted molar refractivity (Wildman–Crippen MR) is 60.2 cm³/mol. The average Bonchev–Trinajstić information content (AvgIpc) is 2.17. The standard InChI is InChI=1S/C11H18N2O2/c1-4-7-11(3,5-2)13-8-6-9(14)12-10(13)15/h6,8H,4-5,7H2,1-3H3,(H,12,14,15). The molecule has 0 spiro atoms. The lowest BCUT2D eigenvalue weighted by molar-refractivity contribution is 0.266. The Kier molecular flexibility index (Phi) is 3.50. The Balaban J connectivity index is 3.24. The molecule has 4 nitrogen and oxygen atoms in total. The number of aromatic amines is 1. The molecule has 0 aliphatic carbocycles. The van der Waals surface area contributed by atoms with Gasteiger partial charge in [0.15, 0.2) is 0 Å². The van der Waals surface area contributed by atoms with Gasteiger partial charge in [0, 0.05) is 17.8 Å². The molecule has 0 aliphatic rings. The third kappa shape index (κ3) is 2.37. The summed E-state index contributed by atoms with van der Waals surface area (Å²) in [6.45, 7) is 6.17. The van der Waals surface area contributed by atoms with Gasteiger partial charge in [0.2, 0.25) is 0 Å². The summed E-state index contributed by atoms with van der Waals surface area (Å²) in [5, 5.41) is 0. The quantitative estimate of drug-likeness (QED) is 0.818. The second kappa shape index (κ2) is 4.47. The molecule has 1 rings (SSSR count). The fraction of sp³-hybridized carbons (Fsp3) is 0.636. The van der Waals surface area contributed by atoms with Crippen molar-refractivity contribution in [2.75, 3.05) is 0 Å². The zero-order valence-corrected chi connectivity index (χ0v) is 9.54. The molecule has 84 valence electrons. The summed E-state index contributed by atoms with van der Waals surface area (Å²) in [7, 11) is 0. The number of hydrogen-bond acceptors (Lipinski definition) is 2. The molecule has 0 aromatic carbocycles. The van der Waals surface area contributed by atoms with Gasteiger partial charge in [-0.1, -0.05) is 20.3 Å². The molecule has 1 heterocycles. The van der Waals surface area contributed by atoms with E-state index >= 15 is 0 Å². The van der Waals surface area contributed by atoms with Crippen LogP contribution in [0.1, 0.15) is 40.0 Å². The maximum atomic E-state index is 11.6. The van der Waals surface area contributed by atoms with Crippen LogP contribution < -0.4 is 11.2 Å². The Bertz CT molecular complexity index is 433.